The normalized spacial score (nSPS) is 29.8. The Morgan fingerprint density at radius 3 is 2.33 bits per heavy atom. The molecule has 5 heteroatoms. The average Bonchev–Trinajstić information content (AvgIpc) is 2.34. The summed E-state index contributed by atoms with van der Waals surface area (Å²) < 4.78 is 0. The Balaban J connectivity index is 2.01. The van der Waals surface area contributed by atoms with Gasteiger partial charge in [0.05, 0.1) is 30.5 Å². The van der Waals surface area contributed by atoms with Gasteiger partial charge in [0.15, 0.2) is 0 Å². The Hall–Kier alpha value is -1.36. The lowest BCUT2D eigenvalue weighted by molar-refractivity contribution is -0.165. The van der Waals surface area contributed by atoms with Crippen molar-refractivity contribution in [2.45, 2.75) is 31.8 Å². The average molecular weight is 253 g/mol. The molecule has 0 spiro atoms. The van der Waals surface area contributed by atoms with E-state index in [1.54, 1.807) is 4.90 Å². The van der Waals surface area contributed by atoms with Crippen LogP contribution in [-0.4, -0.2) is 45.7 Å². The van der Waals surface area contributed by atoms with Gasteiger partial charge in [0.2, 0.25) is 5.91 Å². The number of rotatable bonds is 3. The van der Waals surface area contributed by atoms with Crippen molar-refractivity contribution in [2.75, 3.05) is 13.1 Å². The molecular formula is C13H19NO4. The first-order chi connectivity index (χ1) is 8.47. The number of allylic oxidation sites excluding steroid dienone is 2. The number of hydrogen-bond acceptors (Lipinski definition) is 3. The SMILES string of the molecule is CCC1(O)CN(C(=O)C2CC=CCC2C(=O)O)C1. The van der Waals surface area contributed by atoms with Gasteiger partial charge < -0.3 is 15.1 Å². The fourth-order valence-electron chi connectivity index (χ4n) is 2.64. The molecule has 0 aromatic heterocycles. The van der Waals surface area contributed by atoms with Crippen molar-refractivity contribution in [3.63, 3.8) is 0 Å². The van der Waals surface area contributed by atoms with Crippen molar-refractivity contribution in [3.05, 3.63) is 12.2 Å². The van der Waals surface area contributed by atoms with Gasteiger partial charge in [0.1, 0.15) is 0 Å². The number of aliphatic carboxylic acids is 1. The summed E-state index contributed by atoms with van der Waals surface area (Å²) in [5.74, 6) is -2.15. The monoisotopic (exact) mass is 253 g/mol. The summed E-state index contributed by atoms with van der Waals surface area (Å²) in [7, 11) is 0. The zero-order valence-corrected chi connectivity index (χ0v) is 10.5. The number of aliphatic hydroxyl groups is 1. The molecule has 1 saturated heterocycles. The van der Waals surface area contributed by atoms with Gasteiger partial charge in [-0.1, -0.05) is 19.1 Å². The molecule has 1 fully saturated rings. The fraction of sp³-hybridized carbons (Fsp3) is 0.692. The van der Waals surface area contributed by atoms with E-state index >= 15 is 0 Å². The van der Waals surface area contributed by atoms with Gasteiger partial charge in [-0.05, 0) is 19.3 Å². The summed E-state index contributed by atoms with van der Waals surface area (Å²) in [6.45, 7) is 2.54. The van der Waals surface area contributed by atoms with E-state index in [-0.39, 0.29) is 5.91 Å². The van der Waals surface area contributed by atoms with Gasteiger partial charge >= 0.3 is 5.97 Å². The molecule has 100 valence electrons. The highest BCUT2D eigenvalue weighted by Gasteiger charge is 2.46. The Morgan fingerprint density at radius 2 is 1.83 bits per heavy atom. The third-order valence-electron chi connectivity index (χ3n) is 4.01. The smallest absolute Gasteiger partial charge is 0.307 e. The maximum absolute atomic E-state index is 12.2. The molecule has 0 bridgehead atoms. The topological polar surface area (TPSA) is 77.8 Å². The molecule has 0 saturated carbocycles. The lowest BCUT2D eigenvalue weighted by Crippen LogP contribution is -2.64. The number of nitrogens with zero attached hydrogens (tertiary/aromatic N) is 1. The third kappa shape index (κ3) is 2.27. The van der Waals surface area contributed by atoms with Crippen molar-refractivity contribution in [2.24, 2.45) is 11.8 Å². The molecule has 2 aliphatic rings. The highest BCUT2D eigenvalue weighted by molar-refractivity contribution is 5.86. The van der Waals surface area contributed by atoms with Gasteiger partial charge in [0, 0.05) is 0 Å². The Bertz CT molecular complexity index is 384. The molecule has 2 unspecified atom stereocenters. The van der Waals surface area contributed by atoms with E-state index in [2.05, 4.69) is 0 Å². The molecule has 1 aliphatic heterocycles. The Labute approximate surface area is 106 Å². The third-order valence-corrected chi connectivity index (χ3v) is 4.01. The molecule has 2 rings (SSSR count). The first kappa shape index (κ1) is 13.1. The van der Waals surface area contributed by atoms with Gasteiger partial charge in [-0.15, -0.1) is 0 Å². The number of amides is 1. The molecule has 0 aromatic carbocycles. The molecule has 0 aromatic rings. The predicted molar refractivity (Wildman–Crippen MR) is 64.8 cm³/mol. The summed E-state index contributed by atoms with van der Waals surface area (Å²) in [5.41, 5.74) is -0.765. The number of carboxylic acid groups (broad SMARTS) is 1. The maximum atomic E-state index is 12.2. The van der Waals surface area contributed by atoms with Crippen LogP contribution in [0.2, 0.25) is 0 Å². The maximum Gasteiger partial charge on any atom is 0.307 e. The van der Waals surface area contributed by atoms with E-state index in [9.17, 15) is 14.7 Å². The number of carboxylic acids is 1. The van der Waals surface area contributed by atoms with Gasteiger partial charge in [-0.25, -0.2) is 0 Å². The quantitative estimate of drug-likeness (QED) is 0.723. The van der Waals surface area contributed by atoms with Crippen molar-refractivity contribution < 1.29 is 19.8 Å². The molecule has 1 heterocycles. The molecule has 18 heavy (non-hydrogen) atoms. The van der Waals surface area contributed by atoms with E-state index in [0.717, 1.165) is 0 Å². The number of carbonyl (C=O) groups excluding carboxylic acids is 1. The summed E-state index contributed by atoms with van der Waals surface area (Å²) in [4.78, 5) is 24.9. The van der Waals surface area contributed by atoms with Crippen molar-refractivity contribution >= 4 is 11.9 Å². The van der Waals surface area contributed by atoms with Crippen LogP contribution in [0.15, 0.2) is 12.2 Å². The van der Waals surface area contributed by atoms with Gasteiger partial charge in [-0.2, -0.15) is 0 Å². The standard InChI is InChI=1S/C13H19NO4/c1-2-13(18)7-14(8-13)11(15)9-5-3-4-6-10(9)12(16)17/h3-4,9-10,18H,2,5-8H2,1H3,(H,16,17). The molecule has 2 atom stereocenters. The van der Waals surface area contributed by atoms with Crippen LogP contribution in [0.25, 0.3) is 0 Å². The zero-order chi connectivity index (χ0) is 13.3. The molecule has 2 N–H and O–H groups in total. The van der Waals surface area contributed by atoms with Crippen LogP contribution >= 0.6 is 0 Å². The predicted octanol–water partition coefficient (Wildman–Crippen LogP) is 0.637. The van der Waals surface area contributed by atoms with Crippen molar-refractivity contribution in [3.8, 4) is 0 Å². The number of β-amino-alcohol motifs (C(OH)–C–C–N with tert-alkyl or cyclic N) is 1. The van der Waals surface area contributed by atoms with E-state index < -0.39 is 23.4 Å². The Morgan fingerprint density at radius 1 is 1.28 bits per heavy atom. The van der Waals surface area contributed by atoms with Crippen LogP contribution in [0.5, 0.6) is 0 Å². The first-order valence-corrected chi connectivity index (χ1v) is 6.36. The molecule has 1 amide bonds. The highest BCUT2D eigenvalue weighted by Crippen LogP contribution is 2.32. The lowest BCUT2D eigenvalue weighted by Gasteiger charge is -2.47. The summed E-state index contributed by atoms with van der Waals surface area (Å²) in [6, 6.07) is 0. The minimum absolute atomic E-state index is 0.134. The fourth-order valence-corrected chi connectivity index (χ4v) is 2.64. The summed E-state index contributed by atoms with van der Waals surface area (Å²) in [5, 5.41) is 19.0. The number of hydrogen-bond donors (Lipinski definition) is 2. The highest BCUT2D eigenvalue weighted by atomic mass is 16.4. The Kier molecular flexibility index (Phi) is 3.43. The van der Waals surface area contributed by atoms with Crippen LogP contribution in [0.3, 0.4) is 0 Å². The number of likely N-dealkylation sites (tertiary alicyclic amines) is 1. The van der Waals surface area contributed by atoms with E-state index in [1.807, 2.05) is 19.1 Å². The van der Waals surface area contributed by atoms with Gasteiger partial charge in [-0.3, -0.25) is 9.59 Å². The molecule has 5 nitrogen and oxygen atoms in total. The lowest BCUT2D eigenvalue weighted by atomic mass is 9.80. The van der Waals surface area contributed by atoms with Crippen molar-refractivity contribution in [1.82, 2.24) is 4.90 Å². The van der Waals surface area contributed by atoms with Crippen LogP contribution in [0, 0.1) is 11.8 Å². The van der Waals surface area contributed by atoms with E-state index in [0.29, 0.717) is 32.4 Å². The van der Waals surface area contributed by atoms with Gasteiger partial charge in [0.25, 0.3) is 0 Å². The number of carbonyl (C=O) groups is 2. The molecule has 0 radical (unpaired) electrons. The summed E-state index contributed by atoms with van der Waals surface area (Å²) in [6.07, 6.45) is 5.20. The molecule has 1 aliphatic carbocycles. The second-order valence-corrected chi connectivity index (χ2v) is 5.27. The second kappa shape index (κ2) is 4.72. The largest absolute Gasteiger partial charge is 0.481 e. The van der Waals surface area contributed by atoms with E-state index in [4.69, 9.17) is 5.11 Å². The molecular weight excluding hydrogens is 234 g/mol. The van der Waals surface area contributed by atoms with Crippen LogP contribution in [-0.2, 0) is 9.59 Å². The summed E-state index contributed by atoms with van der Waals surface area (Å²) >= 11 is 0. The zero-order valence-electron chi connectivity index (χ0n) is 10.5. The van der Waals surface area contributed by atoms with Crippen LogP contribution in [0.1, 0.15) is 26.2 Å². The minimum Gasteiger partial charge on any atom is -0.481 e. The second-order valence-electron chi connectivity index (χ2n) is 5.27. The van der Waals surface area contributed by atoms with E-state index in [1.165, 1.54) is 0 Å². The van der Waals surface area contributed by atoms with Crippen LogP contribution < -0.4 is 0 Å². The van der Waals surface area contributed by atoms with Crippen molar-refractivity contribution in [1.29, 1.82) is 0 Å². The first-order valence-electron chi connectivity index (χ1n) is 6.36. The minimum atomic E-state index is -0.913. The van der Waals surface area contributed by atoms with Crippen LogP contribution in [0.4, 0.5) is 0 Å².